The van der Waals surface area contributed by atoms with Gasteiger partial charge in [-0.15, -0.1) is 0 Å². The van der Waals surface area contributed by atoms with Gasteiger partial charge in [-0.1, -0.05) is 0 Å². The van der Waals surface area contributed by atoms with Crippen LogP contribution in [0.25, 0.3) is 0 Å². The van der Waals surface area contributed by atoms with Crippen LogP contribution in [0.5, 0.6) is 0 Å². The van der Waals surface area contributed by atoms with Gasteiger partial charge in [0.25, 0.3) is 0 Å². The first-order chi connectivity index (χ1) is 6.17. The van der Waals surface area contributed by atoms with E-state index in [1.807, 2.05) is 0 Å². The number of likely N-dealkylation sites (tertiary alicyclic amines) is 1. The van der Waals surface area contributed by atoms with Crippen molar-refractivity contribution in [1.82, 2.24) is 4.90 Å². The molecule has 1 fully saturated rings. The molecule has 0 radical (unpaired) electrons. The van der Waals surface area contributed by atoms with E-state index in [1.54, 1.807) is 0 Å². The molecule has 6 heteroatoms. The Balaban J connectivity index is 2.73. The van der Waals surface area contributed by atoms with Gasteiger partial charge < -0.3 is 5.11 Å². The maximum absolute atomic E-state index is 12.7. The molecule has 0 aromatic heterocycles. The largest absolute Gasteiger partial charge is 0.392 e. The van der Waals surface area contributed by atoms with Gasteiger partial charge in [-0.2, -0.15) is 17.6 Å². The predicted octanol–water partition coefficient (Wildman–Crippen LogP) is 1.34. The predicted molar refractivity (Wildman–Crippen MR) is 42.6 cm³/mol. The fraction of sp³-hybridized carbons (Fsp3) is 1.00. The highest BCUT2D eigenvalue weighted by atomic mass is 19.3. The first-order valence-electron chi connectivity index (χ1n) is 4.35. The van der Waals surface area contributed by atoms with Gasteiger partial charge in [0.05, 0.1) is 19.2 Å². The van der Waals surface area contributed by atoms with Gasteiger partial charge in [0.15, 0.2) is 0 Å². The fourth-order valence-corrected chi connectivity index (χ4v) is 1.39. The fourth-order valence-electron chi connectivity index (χ4n) is 1.39. The maximum atomic E-state index is 12.7. The summed E-state index contributed by atoms with van der Waals surface area (Å²) in [7, 11) is 0. The SMILES string of the molecule is CC(O)C(C)N1CC(F)(F)C(F)(F)C1. The van der Waals surface area contributed by atoms with E-state index < -0.39 is 37.1 Å². The number of halogens is 4. The maximum Gasteiger partial charge on any atom is 0.323 e. The van der Waals surface area contributed by atoms with Crippen LogP contribution < -0.4 is 0 Å². The van der Waals surface area contributed by atoms with E-state index in [9.17, 15) is 17.6 Å². The van der Waals surface area contributed by atoms with Crippen LogP contribution in [-0.4, -0.2) is 47.1 Å². The van der Waals surface area contributed by atoms with Gasteiger partial charge in [-0.3, -0.25) is 4.90 Å². The first kappa shape index (κ1) is 11.7. The molecular weight excluding hydrogens is 202 g/mol. The van der Waals surface area contributed by atoms with E-state index in [0.717, 1.165) is 4.90 Å². The summed E-state index contributed by atoms with van der Waals surface area (Å²) in [6.07, 6.45) is -0.903. The smallest absolute Gasteiger partial charge is 0.323 e. The summed E-state index contributed by atoms with van der Waals surface area (Å²) < 4.78 is 50.9. The van der Waals surface area contributed by atoms with E-state index in [0.29, 0.717) is 0 Å². The zero-order valence-electron chi connectivity index (χ0n) is 7.98. The van der Waals surface area contributed by atoms with E-state index >= 15 is 0 Å². The van der Waals surface area contributed by atoms with E-state index in [-0.39, 0.29) is 0 Å². The summed E-state index contributed by atoms with van der Waals surface area (Å²) in [5, 5.41) is 9.09. The van der Waals surface area contributed by atoms with Crippen molar-refractivity contribution < 1.29 is 22.7 Å². The van der Waals surface area contributed by atoms with Gasteiger partial charge in [0.2, 0.25) is 0 Å². The zero-order chi connectivity index (χ0) is 11.1. The van der Waals surface area contributed by atoms with E-state index in [4.69, 9.17) is 5.11 Å². The number of alkyl halides is 4. The van der Waals surface area contributed by atoms with Crippen LogP contribution in [0.1, 0.15) is 13.8 Å². The van der Waals surface area contributed by atoms with Gasteiger partial charge in [-0.05, 0) is 13.8 Å². The molecule has 0 aliphatic carbocycles. The van der Waals surface area contributed by atoms with Gasteiger partial charge >= 0.3 is 11.8 Å². The van der Waals surface area contributed by atoms with Gasteiger partial charge in [0, 0.05) is 6.04 Å². The third kappa shape index (κ3) is 1.86. The lowest BCUT2D eigenvalue weighted by atomic mass is 10.2. The lowest BCUT2D eigenvalue weighted by molar-refractivity contribution is -0.172. The topological polar surface area (TPSA) is 23.5 Å². The third-order valence-corrected chi connectivity index (χ3v) is 2.61. The Labute approximate surface area is 79.5 Å². The van der Waals surface area contributed by atoms with Crippen LogP contribution in [-0.2, 0) is 0 Å². The van der Waals surface area contributed by atoms with E-state index in [2.05, 4.69) is 0 Å². The summed E-state index contributed by atoms with van der Waals surface area (Å²) in [6.45, 7) is 0.847. The van der Waals surface area contributed by atoms with Crippen molar-refractivity contribution in [3.63, 3.8) is 0 Å². The number of aliphatic hydroxyl groups excluding tert-OH is 1. The molecule has 1 rings (SSSR count). The van der Waals surface area contributed by atoms with Crippen LogP contribution in [0.15, 0.2) is 0 Å². The van der Waals surface area contributed by atoms with Gasteiger partial charge in [0.1, 0.15) is 0 Å². The highest BCUT2D eigenvalue weighted by Crippen LogP contribution is 2.41. The Morgan fingerprint density at radius 2 is 1.43 bits per heavy atom. The third-order valence-electron chi connectivity index (χ3n) is 2.61. The van der Waals surface area contributed by atoms with Crippen molar-refractivity contribution in [1.29, 1.82) is 0 Å². The van der Waals surface area contributed by atoms with Crippen molar-refractivity contribution in [2.45, 2.75) is 37.8 Å². The minimum absolute atomic E-state index is 0.686. The van der Waals surface area contributed by atoms with Crippen LogP contribution in [0.2, 0.25) is 0 Å². The molecule has 2 atom stereocenters. The molecule has 2 unspecified atom stereocenters. The summed E-state index contributed by atoms with van der Waals surface area (Å²) in [5.41, 5.74) is 0. The molecule has 14 heavy (non-hydrogen) atoms. The number of nitrogens with zero attached hydrogens (tertiary/aromatic N) is 1. The second kappa shape index (κ2) is 3.34. The monoisotopic (exact) mass is 215 g/mol. The second-order valence-corrected chi connectivity index (χ2v) is 3.80. The zero-order valence-corrected chi connectivity index (χ0v) is 7.98. The lowest BCUT2D eigenvalue weighted by Crippen LogP contribution is -2.40. The quantitative estimate of drug-likeness (QED) is 0.703. The molecule has 84 valence electrons. The molecule has 0 saturated carbocycles. The molecule has 1 aliphatic heterocycles. The first-order valence-corrected chi connectivity index (χ1v) is 4.35. The van der Waals surface area contributed by atoms with E-state index in [1.165, 1.54) is 13.8 Å². The Kier molecular flexibility index (Phi) is 2.80. The highest BCUT2D eigenvalue weighted by molar-refractivity contribution is 4.99. The molecule has 1 heterocycles. The average molecular weight is 215 g/mol. The summed E-state index contributed by atoms with van der Waals surface area (Å²) >= 11 is 0. The summed E-state index contributed by atoms with van der Waals surface area (Å²) in [5.74, 6) is -7.98. The average Bonchev–Trinajstić information content (AvgIpc) is 2.20. The van der Waals surface area contributed by atoms with Crippen molar-refractivity contribution in [3.8, 4) is 0 Å². The molecule has 1 aliphatic rings. The molecule has 0 amide bonds. The van der Waals surface area contributed by atoms with Crippen LogP contribution >= 0.6 is 0 Å². The van der Waals surface area contributed by atoms with Crippen LogP contribution in [0.4, 0.5) is 17.6 Å². The number of rotatable bonds is 2. The van der Waals surface area contributed by atoms with Crippen molar-refractivity contribution in [3.05, 3.63) is 0 Å². The Bertz CT molecular complexity index is 203. The molecule has 1 N–H and O–H groups in total. The molecule has 0 spiro atoms. The van der Waals surface area contributed by atoms with Gasteiger partial charge in [-0.25, -0.2) is 0 Å². The normalized spacial score (nSPS) is 30.2. The van der Waals surface area contributed by atoms with Crippen molar-refractivity contribution >= 4 is 0 Å². The number of hydrogen-bond donors (Lipinski definition) is 1. The molecule has 1 saturated heterocycles. The molecule has 0 aromatic rings. The Morgan fingerprint density at radius 1 is 1.07 bits per heavy atom. The number of hydrogen-bond acceptors (Lipinski definition) is 2. The van der Waals surface area contributed by atoms with Crippen LogP contribution in [0, 0.1) is 0 Å². The minimum atomic E-state index is -3.99. The molecule has 2 nitrogen and oxygen atoms in total. The Morgan fingerprint density at radius 3 is 1.71 bits per heavy atom. The molecule has 0 aromatic carbocycles. The molecule has 0 bridgehead atoms. The standard InChI is InChI=1S/C8H13F4NO/c1-5(6(2)14)13-3-7(9,10)8(11,12)4-13/h5-6,14H,3-4H2,1-2H3. The summed E-state index contributed by atoms with van der Waals surface area (Å²) in [4.78, 5) is 0.907. The molecular formula is C8H13F4NO. The Hall–Kier alpha value is -0.360. The lowest BCUT2D eigenvalue weighted by Gasteiger charge is -2.25. The second-order valence-electron chi connectivity index (χ2n) is 3.80. The van der Waals surface area contributed by atoms with Crippen molar-refractivity contribution in [2.24, 2.45) is 0 Å². The highest BCUT2D eigenvalue weighted by Gasteiger charge is 2.63. The minimum Gasteiger partial charge on any atom is -0.392 e. The van der Waals surface area contributed by atoms with Crippen molar-refractivity contribution in [2.75, 3.05) is 13.1 Å². The van der Waals surface area contributed by atoms with Crippen LogP contribution in [0.3, 0.4) is 0 Å². The number of aliphatic hydroxyl groups is 1. The summed E-state index contributed by atoms with van der Waals surface area (Å²) in [6, 6.07) is -0.686.